The summed E-state index contributed by atoms with van der Waals surface area (Å²) < 4.78 is 9.00. The molecule has 0 spiro atoms. The number of para-hydroxylation sites is 1. The molecule has 0 unspecified atom stereocenters. The van der Waals surface area contributed by atoms with Crippen molar-refractivity contribution in [1.29, 1.82) is 0 Å². The third-order valence-corrected chi connectivity index (χ3v) is 11.3. The average Bonchev–Trinajstić information content (AvgIpc) is 3.85. The van der Waals surface area contributed by atoms with Gasteiger partial charge in [-0.1, -0.05) is 152 Å². The van der Waals surface area contributed by atoms with Gasteiger partial charge in [-0.25, -0.2) is 24.9 Å². The fourth-order valence-electron chi connectivity index (χ4n) is 7.41. The molecule has 4 heterocycles. The maximum absolute atomic E-state index is 6.73. The molecule has 56 heavy (non-hydrogen) atoms. The first-order valence-electron chi connectivity index (χ1n) is 18.4. The number of benzene rings is 7. The third-order valence-electron chi connectivity index (χ3n) is 10.2. The highest BCUT2D eigenvalue weighted by atomic mass is 32.1. The van der Waals surface area contributed by atoms with Gasteiger partial charge in [0, 0.05) is 43.1 Å². The summed E-state index contributed by atoms with van der Waals surface area (Å²) in [5.41, 5.74) is 10.3. The maximum atomic E-state index is 6.73. The van der Waals surface area contributed by atoms with E-state index in [-0.39, 0.29) is 0 Å². The van der Waals surface area contributed by atoms with Crippen molar-refractivity contribution in [3.05, 3.63) is 176 Å². The molecule has 0 aliphatic rings. The van der Waals surface area contributed by atoms with Crippen molar-refractivity contribution in [2.24, 2.45) is 0 Å². The Balaban J connectivity index is 0.989. The minimum atomic E-state index is 0.621. The van der Waals surface area contributed by atoms with Gasteiger partial charge in [0.25, 0.3) is 0 Å². The summed E-state index contributed by atoms with van der Waals surface area (Å²) in [7, 11) is 0. The maximum Gasteiger partial charge on any atom is 0.164 e. The fourth-order valence-corrected chi connectivity index (χ4v) is 8.56. The molecular weight excluding hydrogens is 707 g/mol. The molecule has 0 fully saturated rings. The Morgan fingerprint density at radius 1 is 0.375 bits per heavy atom. The number of fused-ring (bicyclic) bond motifs is 6. The molecule has 0 atom stereocenters. The summed E-state index contributed by atoms with van der Waals surface area (Å²) in [5, 5.41) is 3.20. The van der Waals surface area contributed by atoms with Crippen LogP contribution < -0.4 is 0 Å². The first kappa shape index (κ1) is 32.1. The molecule has 7 heteroatoms. The van der Waals surface area contributed by atoms with Crippen LogP contribution in [0, 0.1) is 0 Å². The Hall–Kier alpha value is -7.35. The first-order valence-corrected chi connectivity index (χ1v) is 19.2. The van der Waals surface area contributed by atoms with E-state index in [2.05, 4.69) is 109 Å². The fraction of sp³-hybridized carbons (Fsp3) is 0. The molecule has 0 radical (unpaired) electrons. The molecule has 0 bridgehead atoms. The van der Waals surface area contributed by atoms with E-state index >= 15 is 0 Å². The molecule has 11 aromatic rings. The minimum absolute atomic E-state index is 0.621. The standard InChI is InChI=1S/C49H29N5OS/c1-4-13-31(14-5-1)42-45-43(38-19-10-11-22-41(38)56-45)51-49(50-42)39-21-12-20-37-36-28-27-35(29-40(36)55-44(37)39)30-23-25-34(26-24-30)48-53-46(32-15-6-2-7-16-32)52-47(54-48)33-17-8-3-9-18-33/h1-29H. The summed E-state index contributed by atoms with van der Waals surface area (Å²) in [6.45, 7) is 0. The number of furan rings is 1. The van der Waals surface area contributed by atoms with Gasteiger partial charge in [0.2, 0.25) is 0 Å². The van der Waals surface area contributed by atoms with Crippen LogP contribution in [0.4, 0.5) is 0 Å². The van der Waals surface area contributed by atoms with Crippen LogP contribution in [0.3, 0.4) is 0 Å². The normalized spacial score (nSPS) is 11.6. The first-order chi connectivity index (χ1) is 27.7. The summed E-state index contributed by atoms with van der Waals surface area (Å²) in [6, 6.07) is 59.8. The van der Waals surface area contributed by atoms with Crippen molar-refractivity contribution in [2.75, 3.05) is 0 Å². The molecule has 0 saturated carbocycles. The van der Waals surface area contributed by atoms with E-state index < -0.39 is 0 Å². The van der Waals surface area contributed by atoms with E-state index in [1.807, 2.05) is 66.7 Å². The molecule has 4 aromatic heterocycles. The van der Waals surface area contributed by atoms with Gasteiger partial charge in [0.15, 0.2) is 23.3 Å². The smallest absolute Gasteiger partial charge is 0.164 e. The highest BCUT2D eigenvalue weighted by Crippen LogP contribution is 2.42. The molecule has 0 N–H and O–H groups in total. The molecule has 0 aliphatic heterocycles. The van der Waals surface area contributed by atoms with Crippen molar-refractivity contribution < 1.29 is 4.42 Å². The van der Waals surface area contributed by atoms with Crippen molar-refractivity contribution in [2.45, 2.75) is 0 Å². The molecule has 11 rings (SSSR count). The zero-order valence-electron chi connectivity index (χ0n) is 29.8. The summed E-state index contributed by atoms with van der Waals surface area (Å²) in [6.07, 6.45) is 0. The third kappa shape index (κ3) is 5.52. The van der Waals surface area contributed by atoms with Crippen LogP contribution in [0.5, 0.6) is 0 Å². The van der Waals surface area contributed by atoms with Gasteiger partial charge in [-0.15, -0.1) is 11.3 Å². The van der Waals surface area contributed by atoms with Gasteiger partial charge in [0.1, 0.15) is 11.2 Å². The monoisotopic (exact) mass is 735 g/mol. The highest BCUT2D eigenvalue weighted by Gasteiger charge is 2.20. The summed E-state index contributed by atoms with van der Waals surface area (Å²) >= 11 is 1.73. The highest BCUT2D eigenvalue weighted by molar-refractivity contribution is 7.26. The number of rotatable bonds is 6. The van der Waals surface area contributed by atoms with Crippen LogP contribution in [0.1, 0.15) is 0 Å². The minimum Gasteiger partial charge on any atom is -0.455 e. The average molecular weight is 736 g/mol. The van der Waals surface area contributed by atoms with Gasteiger partial charge in [-0.05, 0) is 35.4 Å². The van der Waals surface area contributed by atoms with Crippen LogP contribution in [-0.2, 0) is 0 Å². The van der Waals surface area contributed by atoms with Gasteiger partial charge >= 0.3 is 0 Å². The van der Waals surface area contributed by atoms with E-state index in [9.17, 15) is 0 Å². The topological polar surface area (TPSA) is 77.6 Å². The molecule has 0 aliphatic carbocycles. The molecule has 0 amide bonds. The van der Waals surface area contributed by atoms with E-state index in [1.54, 1.807) is 11.3 Å². The van der Waals surface area contributed by atoms with E-state index in [0.29, 0.717) is 23.3 Å². The van der Waals surface area contributed by atoms with Crippen LogP contribution in [-0.4, -0.2) is 24.9 Å². The van der Waals surface area contributed by atoms with Crippen molar-refractivity contribution >= 4 is 53.6 Å². The summed E-state index contributed by atoms with van der Waals surface area (Å²) in [5.74, 6) is 2.54. The lowest BCUT2D eigenvalue weighted by atomic mass is 10.0. The Labute approximate surface area is 325 Å². The lowest BCUT2D eigenvalue weighted by Crippen LogP contribution is -2.00. The zero-order chi connectivity index (χ0) is 37.0. The van der Waals surface area contributed by atoms with Crippen LogP contribution >= 0.6 is 11.3 Å². The lowest BCUT2D eigenvalue weighted by molar-refractivity contribution is 0.669. The van der Waals surface area contributed by atoms with E-state index in [1.165, 1.54) is 4.70 Å². The van der Waals surface area contributed by atoms with Crippen LogP contribution in [0.25, 0.3) is 110 Å². The Bertz CT molecular complexity index is 3180. The van der Waals surface area contributed by atoms with Gasteiger partial charge in [0.05, 0.1) is 21.5 Å². The Morgan fingerprint density at radius 2 is 0.929 bits per heavy atom. The van der Waals surface area contributed by atoms with Crippen molar-refractivity contribution in [3.63, 3.8) is 0 Å². The Kier molecular flexibility index (Phi) is 7.57. The zero-order valence-corrected chi connectivity index (χ0v) is 30.6. The Morgan fingerprint density at radius 3 is 1.61 bits per heavy atom. The molecule has 0 saturated heterocycles. The quantitative estimate of drug-likeness (QED) is 0.169. The number of hydrogen-bond acceptors (Lipinski definition) is 7. The molecular formula is C49H29N5OS. The van der Waals surface area contributed by atoms with E-state index in [4.69, 9.17) is 29.3 Å². The van der Waals surface area contributed by atoms with Crippen LogP contribution in [0.2, 0.25) is 0 Å². The van der Waals surface area contributed by atoms with Gasteiger partial charge in [-0.3, -0.25) is 0 Å². The lowest BCUT2D eigenvalue weighted by Gasteiger charge is -2.09. The second-order valence-corrected chi connectivity index (χ2v) is 14.7. The van der Waals surface area contributed by atoms with Crippen molar-refractivity contribution in [1.82, 2.24) is 24.9 Å². The second-order valence-electron chi connectivity index (χ2n) is 13.6. The van der Waals surface area contributed by atoms with Gasteiger partial charge < -0.3 is 4.42 Å². The number of aromatic nitrogens is 5. The number of nitrogens with zero attached hydrogens (tertiary/aromatic N) is 5. The van der Waals surface area contributed by atoms with Gasteiger partial charge in [-0.2, -0.15) is 0 Å². The van der Waals surface area contributed by atoms with E-state index in [0.717, 1.165) is 82.2 Å². The second kappa shape index (κ2) is 13.2. The molecule has 7 aromatic carbocycles. The summed E-state index contributed by atoms with van der Waals surface area (Å²) in [4.78, 5) is 25.1. The van der Waals surface area contributed by atoms with Crippen molar-refractivity contribution in [3.8, 4) is 67.9 Å². The predicted octanol–water partition coefficient (Wildman–Crippen LogP) is 12.9. The van der Waals surface area contributed by atoms with Crippen LogP contribution in [0.15, 0.2) is 180 Å². The molecule has 262 valence electrons. The number of thiophene rings is 1. The SMILES string of the molecule is c1ccc(-c2nc(-c3ccccc3)nc(-c3ccc(-c4ccc5c(c4)oc4c(-c6nc(-c7ccccc7)c7sc8ccccc8c7n6)cccc45)cc3)n2)cc1. The number of hydrogen-bond donors (Lipinski definition) is 0. The predicted molar refractivity (Wildman–Crippen MR) is 228 cm³/mol. The molecule has 6 nitrogen and oxygen atoms in total. The largest absolute Gasteiger partial charge is 0.455 e.